The Morgan fingerprint density at radius 2 is 2.17 bits per heavy atom. The van der Waals surface area contributed by atoms with E-state index in [4.69, 9.17) is 0 Å². The van der Waals surface area contributed by atoms with E-state index in [-0.39, 0.29) is 17.8 Å². The maximum absolute atomic E-state index is 12.6. The molecule has 1 atom stereocenters. The molecule has 23 heavy (non-hydrogen) atoms. The van der Waals surface area contributed by atoms with Crippen molar-refractivity contribution in [2.45, 2.75) is 32.7 Å². The van der Waals surface area contributed by atoms with Crippen molar-refractivity contribution in [2.75, 3.05) is 18.4 Å². The van der Waals surface area contributed by atoms with Crippen LogP contribution < -0.4 is 5.32 Å². The van der Waals surface area contributed by atoms with Crippen LogP contribution in [0.25, 0.3) is 0 Å². The second kappa shape index (κ2) is 6.36. The maximum Gasteiger partial charge on any atom is 0.293 e. The Kier molecular flexibility index (Phi) is 4.27. The monoisotopic (exact) mass is 314 g/mol. The molecule has 122 valence electrons. The highest BCUT2D eigenvalue weighted by molar-refractivity contribution is 5.90. The van der Waals surface area contributed by atoms with Crippen LogP contribution in [0, 0.1) is 13.8 Å². The molecule has 1 saturated heterocycles. The van der Waals surface area contributed by atoms with Gasteiger partial charge in [0.2, 0.25) is 5.82 Å². The molecule has 1 N–H and O–H groups in total. The van der Waals surface area contributed by atoms with E-state index >= 15 is 0 Å². The largest absolute Gasteiger partial charge is 0.368 e. The van der Waals surface area contributed by atoms with Gasteiger partial charge in [0.1, 0.15) is 11.6 Å². The molecule has 3 heterocycles. The third kappa shape index (κ3) is 3.33. The van der Waals surface area contributed by atoms with Crippen LogP contribution in [0.15, 0.2) is 18.2 Å². The van der Waals surface area contributed by atoms with Gasteiger partial charge in [-0.25, -0.2) is 9.97 Å². The van der Waals surface area contributed by atoms with Crippen molar-refractivity contribution in [3.05, 3.63) is 35.5 Å². The quantitative estimate of drug-likeness (QED) is 0.926. The number of nitrogens with one attached hydrogen (secondary N) is 1. The van der Waals surface area contributed by atoms with Gasteiger partial charge in [0.05, 0.1) is 0 Å². The van der Waals surface area contributed by atoms with Crippen LogP contribution in [0.3, 0.4) is 0 Å². The van der Waals surface area contributed by atoms with E-state index in [1.54, 1.807) is 11.7 Å². The molecule has 1 unspecified atom stereocenters. The summed E-state index contributed by atoms with van der Waals surface area (Å²) in [4.78, 5) is 23.2. The third-order valence-electron chi connectivity index (χ3n) is 4.22. The van der Waals surface area contributed by atoms with Gasteiger partial charge in [-0.3, -0.25) is 9.48 Å². The van der Waals surface area contributed by atoms with Crippen LogP contribution in [0.5, 0.6) is 0 Å². The van der Waals surface area contributed by atoms with E-state index in [1.165, 1.54) is 0 Å². The highest BCUT2D eigenvalue weighted by Crippen LogP contribution is 2.20. The zero-order chi connectivity index (χ0) is 16.4. The lowest BCUT2D eigenvalue weighted by atomic mass is 10.2. The molecule has 0 saturated carbocycles. The average molecular weight is 314 g/mol. The smallest absolute Gasteiger partial charge is 0.293 e. The van der Waals surface area contributed by atoms with Gasteiger partial charge < -0.3 is 10.2 Å². The van der Waals surface area contributed by atoms with Crippen LogP contribution in [0.1, 0.15) is 35.0 Å². The molecule has 1 aliphatic heterocycles. The Morgan fingerprint density at radius 3 is 2.87 bits per heavy atom. The van der Waals surface area contributed by atoms with Crippen LogP contribution in [0.4, 0.5) is 5.82 Å². The minimum atomic E-state index is -0.0878. The molecule has 2 aromatic heterocycles. The molecule has 0 aliphatic carbocycles. The number of pyridine rings is 1. The molecule has 7 heteroatoms. The molecule has 1 aliphatic rings. The van der Waals surface area contributed by atoms with E-state index in [1.807, 2.05) is 36.9 Å². The predicted octanol–water partition coefficient (Wildman–Crippen LogP) is 1.54. The zero-order valence-corrected chi connectivity index (χ0v) is 13.8. The van der Waals surface area contributed by atoms with E-state index in [2.05, 4.69) is 20.4 Å². The molecular weight excluding hydrogens is 292 g/mol. The molecule has 0 bridgehead atoms. The second-order valence-electron chi connectivity index (χ2n) is 5.95. The molecule has 0 aromatic carbocycles. The summed E-state index contributed by atoms with van der Waals surface area (Å²) in [5.41, 5.74) is 0.975. The first-order chi connectivity index (χ1) is 11.0. The Hall–Kier alpha value is -2.44. The van der Waals surface area contributed by atoms with Gasteiger partial charge in [-0.05, 0) is 38.8 Å². The lowest BCUT2D eigenvalue weighted by Gasteiger charge is -2.24. The first-order valence-corrected chi connectivity index (χ1v) is 7.91. The molecule has 1 amide bonds. The Labute approximate surface area is 135 Å². The number of hydrogen-bond acceptors (Lipinski definition) is 5. The van der Waals surface area contributed by atoms with Crippen molar-refractivity contribution >= 4 is 11.7 Å². The van der Waals surface area contributed by atoms with Crippen molar-refractivity contribution in [1.29, 1.82) is 0 Å². The summed E-state index contributed by atoms with van der Waals surface area (Å²) >= 11 is 0. The number of carbonyl (C=O) groups is 1. The number of anilines is 1. The second-order valence-corrected chi connectivity index (χ2v) is 5.95. The van der Waals surface area contributed by atoms with Crippen LogP contribution in [-0.4, -0.2) is 49.7 Å². The van der Waals surface area contributed by atoms with Crippen LogP contribution in [0.2, 0.25) is 0 Å². The number of amides is 1. The fourth-order valence-electron chi connectivity index (χ4n) is 2.86. The standard InChI is InChI=1S/C16H22N6O/c1-11-6-4-8-14(18-11)17-10-13-7-5-9-22(13)16(23)15-19-12(2)21(3)20-15/h4,6,8,13H,5,7,9-10H2,1-3H3,(H,17,18). The van der Waals surface area contributed by atoms with Crippen molar-refractivity contribution in [3.8, 4) is 0 Å². The average Bonchev–Trinajstić information content (AvgIpc) is 3.12. The minimum absolute atomic E-state index is 0.0878. The van der Waals surface area contributed by atoms with Gasteiger partial charge in [0, 0.05) is 31.9 Å². The SMILES string of the molecule is Cc1cccc(NCC2CCCN2C(=O)c2nc(C)n(C)n2)n1. The normalized spacial score (nSPS) is 17.5. The maximum atomic E-state index is 12.6. The van der Waals surface area contributed by atoms with Gasteiger partial charge in [-0.1, -0.05) is 6.07 Å². The van der Waals surface area contributed by atoms with Crippen LogP contribution >= 0.6 is 0 Å². The molecule has 3 rings (SSSR count). The van der Waals surface area contributed by atoms with Crippen molar-refractivity contribution in [1.82, 2.24) is 24.6 Å². The Morgan fingerprint density at radius 1 is 1.35 bits per heavy atom. The van der Waals surface area contributed by atoms with Crippen molar-refractivity contribution < 1.29 is 4.79 Å². The third-order valence-corrected chi connectivity index (χ3v) is 4.22. The van der Waals surface area contributed by atoms with Crippen molar-refractivity contribution in [3.63, 3.8) is 0 Å². The number of nitrogens with zero attached hydrogens (tertiary/aromatic N) is 5. The fourth-order valence-corrected chi connectivity index (χ4v) is 2.86. The number of hydrogen-bond donors (Lipinski definition) is 1. The highest BCUT2D eigenvalue weighted by Gasteiger charge is 2.31. The Bertz CT molecular complexity index is 691. The number of aromatic nitrogens is 4. The van der Waals surface area contributed by atoms with E-state index in [0.717, 1.165) is 36.7 Å². The number of aryl methyl sites for hydroxylation is 3. The summed E-state index contributed by atoms with van der Waals surface area (Å²) in [6, 6.07) is 6.03. The highest BCUT2D eigenvalue weighted by atomic mass is 16.2. The fraction of sp³-hybridized carbons (Fsp3) is 0.500. The molecule has 7 nitrogen and oxygen atoms in total. The predicted molar refractivity (Wildman–Crippen MR) is 87.3 cm³/mol. The zero-order valence-electron chi connectivity index (χ0n) is 13.8. The molecule has 0 spiro atoms. The van der Waals surface area contributed by atoms with Gasteiger partial charge in [-0.15, -0.1) is 5.10 Å². The van der Waals surface area contributed by atoms with Gasteiger partial charge in [0.25, 0.3) is 5.91 Å². The van der Waals surface area contributed by atoms with E-state index < -0.39 is 0 Å². The lowest BCUT2D eigenvalue weighted by Crippen LogP contribution is -2.40. The summed E-state index contributed by atoms with van der Waals surface area (Å²) in [6.45, 7) is 5.25. The van der Waals surface area contributed by atoms with Gasteiger partial charge in [-0.2, -0.15) is 0 Å². The summed E-state index contributed by atoms with van der Waals surface area (Å²) < 4.78 is 1.63. The first kappa shape index (κ1) is 15.5. The molecule has 1 fully saturated rings. The summed E-state index contributed by atoms with van der Waals surface area (Å²) in [6.07, 6.45) is 1.99. The Balaban J connectivity index is 1.66. The topological polar surface area (TPSA) is 75.9 Å². The first-order valence-electron chi connectivity index (χ1n) is 7.91. The molecule has 0 radical (unpaired) electrons. The number of carbonyl (C=O) groups excluding carboxylic acids is 1. The van der Waals surface area contributed by atoms with E-state index in [0.29, 0.717) is 6.54 Å². The number of rotatable bonds is 4. The van der Waals surface area contributed by atoms with E-state index in [9.17, 15) is 4.79 Å². The summed E-state index contributed by atoms with van der Waals surface area (Å²) in [7, 11) is 1.80. The lowest BCUT2D eigenvalue weighted by molar-refractivity contribution is 0.0731. The number of likely N-dealkylation sites (tertiary alicyclic amines) is 1. The van der Waals surface area contributed by atoms with Gasteiger partial charge in [0.15, 0.2) is 0 Å². The van der Waals surface area contributed by atoms with Crippen LogP contribution in [-0.2, 0) is 7.05 Å². The minimum Gasteiger partial charge on any atom is -0.368 e. The molecular formula is C16H22N6O. The molecule has 2 aromatic rings. The van der Waals surface area contributed by atoms with Crippen molar-refractivity contribution in [2.24, 2.45) is 7.05 Å². The summed E-state index contributed by atoms with van der Waals surface area (Å²) in [5, 5.41) is 7.53. The summed E-state index contributed by atoms with van der Waals surface area (Å²) in [5.74, 6) is 1.78. The van der Waals surface area contributed by atoms with Gasteiger partial charge >= 0.3 is 0 Å².